The van der Waals surface area contributed by atoms with Crippen molar-refractivity contribution in [1.82, 2.24) is 10.2 Å². The van der Waals surface area contributed by atoms with Crippen molar-refractivity contribution in [3.63, 3.8) is 0 Å². The van der Waals surface area contributed by atoms with E-state index in [-0.39, 0.29) is 11.9 Å². The van der Waals surface area contributed by atoms with Gasteiger partial charge in [0.15, 0.2) is 0 Å². The average Bonchev–Trinajstić information content (AvgIpc) is 2.85. The van der Waals surface area contributed by atoms with E-state index in [0.717, 1.165) is 31.3 Å². The fourth-order valence-corrected chi connectivity index (χ4v) is 3.12. The second-order valence-corrected chi connectivity index (χ2v) is 5.69. The molecule has 0 amide bonds. The van der Waals surface area contributed by atoms with Crippen molar-refractivity contribution in [2.75, 3.05) is 26.2 Å². The molecule has 2 N–H and O–H groups in total. The number of fused-ring (bicyclic) bond motifs is 1. The van der Waals surface area contributed by atoms with Crippen LogP contribution in [0.2, 0.25) is 0 Å². The summed E-state index contributed by atoms with van der Waals surface area (Å²) in [5.41, 5.74) is 0.748. The van der Waals surface area contributed by atoms with E-state index in [2.05, 4.69) is 10.2 Å². The standard InChI is InChI=1S/C15H21FN2O2/c16-12-4-11(5-14(19)6-12)7-17-8-15-9-18-3-1-2-13(18)10-20-15/h4-6,13,15,17,19H,1-3,7-10H2. The minimum atomic E-state index is -0.407. The zero-order valence-corrected chi connectivity index (χ0v) is 11.5. The molecule has 3 rings (SSSR count). The van der Waals surface area contributed by atoms with Crippen LogP contribution in [0.1, 0.15) is 18.4 Å². The van der Waals surface area contributed by atoms with E-state index < -0.39 is 5.82 Å². The van der Waals surface area contributed by atoms with Crippen LogP contribution in [0.15, 0.2) is 18.2 Å². The molecule has 1 aromatic rings. The van der Waals surface area contributed by atoms with Gasteiger partial charge in [-0.2, -0.15) is 0 Å². The van der Waals surface area contributed by atoms with E-state index >= 15 is 0 Å². The number of ether oxygens (including phenoxy) is 1. The van der Waals surface area contributed by atoms with Crippen molar-refractivity contribution in [2.45, 2.75) is 31.5 Å². The Morgan fingerprint density at radius 3 is 3.15 bits per heavy atom. The van der Waals surface area contributed by atoms with Crippen LogP contribution in [0.25, 0.3) is 0 Å². The Kier molecular flexibility index (Phi) is 4.19. The molecule has 2 aliphatic heterocycles. The van der Waals surface area contributed by atoms with Crippen LogP contribution in [0.5, 0.6) is 5.75 Å². The fourth-order valence-electron chi connectivity index (χ4n) is 3.12. The maximum atomic E-state index is 13.1. The van der Waals surface area contributed by atoms with Crippen LogP contribution in [-0.2, 0) is 11.3 Å². The summed E-state index contributed by atoms with van der Waals surface area (Å²) in [4.78, 5) is 2.50. The first-order chi connectivity index (χ1) is 9.70. The molecule has 0 aromatic heterocycles. The van der Waals surface area contributed by atoms with Crippen molar-refractivity contribution in [2.24, 2.45) is 0 Å². The third kappa shape index (κ3) is 3.29. The summed E-state index contributed by atoms with van der Waals surface area (Å²) in [5, 5.41) is 12.6. The Bertz CT molecular complexity index is 449. The first kappa shape index (κ1) is 13.8. The van der Waals surface area contributed by atoms with E-state index in [1.54, 1.807) is 6.07 Å². The second kappa shape index (κ2) is 6.08. The minimum absolute atomic E-state index is 0.0318. The number of benzene rings is 1. The number of halogens is 1. The van der Waals surface area contributed by atoms with E-state index in [0.29, 0.717) is 12.6 Å². The quantitative estimate of drug-likeness (QED) is 0.877. The van der Waals surface area contributed by atoms with E-state index in [1.807, 2.05) is 0 Å². The lowest BCUT2D eigenvalue weighted by molar-refractivity contribution is -0.0470. The maximum absolute atomic E-state index is 13.1. The largest absolute Gasteiger partial charge is 0.508 e. The SMILES string of the molecule is Oc1cc(F)cc(CNCC2CN3CCCC3CO2)c1. The summed E-state index contributed by atoms with van der Waals surface area (Å²) in [5.74, 6) is -0.439. The van der Waals surface area contributed by atoms with Gasteiger partial charge in [-0.3, -0.25) is 4.90 Å². The van der Waals surface area contributed by atoms with Crippen LogP contribution in [0.3, 0.4) is 0 Å². The molecule has 2 heterocycles. The Labute approximate surface area is 118 Å². The highest BCUT2D eigenvalue weighted by molar-refractivity contribution is 5.28. The zero-order chi connectivity index (χ0) is 13.9. The summed E-state index contributed by atoms with van der Waals surface area (Å²) in [6.45, 7) is 4.27. The van der Waals surface area contributed by atoms with Crippen molar-refractivity contribution in [1.29, 1.82) is 0 Å². The van der Waals surface area contributed by atoms with Gasteiger partial charge in [-0.05, 0) is 37.1 Å². The molecule has 0 spiro atoms. The number of phenols is 1. The van der Waals surface area contributed by atoms with Gasteiger partial charge in [0.1, 0.15) is 11.6 Å². The molecule has 5 heteroatoms. The minimum Gasteiger partial charge on any atom is -0.508 e. The maximum Gasteiger partial charge on any atom is 0.127 e. The molecule has 2 unspecified atom stereocenters. The highest BCUT2D eigenvalue weighted by Crippen LogP contribution is 2.22. The van der Waals surface area contributed by atoms with Crippen LogP contribution >= 0.6 is 0 Å². The van der Waals surface area contributed by atoms with Gasteiger partial charge in [-0.25, -0.2) is 4.39 Å². The van der Waals surface area contributed by atoms with E-state index in [9.17, 15) is 9.50 Å². The predicted molar refractivity (Wildman–Crippen MR) is 74.1 cm³/mol. The molecule has 2 atom stereocenters. The first-order valence-electron chi connectivity index (χ1n) is 7.25. The lowest BCUT2D eigenvalue weighted by atomic mass is 10.1. The van der Waals surface area contributed by atoms with Crippen molar-refractivity contribution in [3.05, 3.63) is 29.6 Å². The van der Waals surface area contributed by atoms with E-state index in [4.69, 9.17) is 4.74 Å². The van der Waals surface area contributed by atoms with Crippen LogP contribution in [0, 0.1) is 5.82 Å². The van der Waals surface area contributed by atoms with Crippen molar-refractivity contribution < 1.29 is 14.2 Å². The molecule has 20 heavy (non-hydrogen) atoms. The molecule has 2 saturated heterocycles. The van der Waals surface area contributed by atoms with Gasteiger partial charge in [-0.15, -0.1) is 0 Å². The van der Waals surface area contributed by atoms with Gasteiger partial charge in [0, 0.05) is 31.7 Å². The normalized spacial score (nSPS) is 26.6. The van der Waals surface area contributed by atoms with Crippen LogP contribution in [0.4, 0.5) is 4.39 Å². The fraction of sp³-hybridized carbons (Fsp3) is 0.600. The molecular formula is C15H21FN2O2. The molecular weight excluding hydrogens is 259 g/mol. The lowest BCUT2D eigenvalue weighted by Crippen LogP contribution is -2.49. The van der Waals surface area contributed by atoms with Crippen LogP contribution in [-0.4, -0.2) is 48.4 Å². The molecule has 0 aliphatic carbocycles. The monoisotopic (exact) mass is 280 g/mol. The number of morpholine rings is 1. The van der Waals surface area contributed by atoms with Gasteiger partial charge in [0.05, 0.1) is 12.7 Å². The Hall–Kier alpha value is -1.17. The number of phenolic OH excluding ortho intramolecular Hbond substituents is 1. The van der Waals surface area contributed by atoms with Crippen LogP contribution < -0.4 is 5.32 Å². The van der Waals surface area contributed by atoms with Gasteiger partial charge < -0.3 is 15.2 Å². The number of aromatic hydroxyl groups is 1. The van der Waals surface area contributed by atoms with Gasteiger partial charge in [0.25, 0.3) is 0 Å². The summed E-state index contributed by atoms with van der Waals surface area (Å²) in [6, 6.07) is 4.74. The lowest BCUT2D eigenvalue weighted by Gasteiger charge is -2.35. The second-order valence-electron chi connectivity index (χ2n) is 5.69. The number of rotatable bonds is 4. The Balaban J connectivity index is 1.45. The zero-order valence-electron chi connectivity index (χ0n) is 11.5. The molecule has 2 aliphatic rings. The Morgan fingerprint density at radius 2 is 2.30 bits per heavy atom. The molecule has 0 bridgehead atoms. The third-order valence-electron chi connectivity index (χ3n) is 4.10. The first-order valence-corrected chi connectivity index (χ1v) is 7.25. The summed E-state index contributed by atoms with van der Waals surface area (Å²) < 4.78 is 19.0. The number of hydrogen-bond donors (Lipinski definition) is 2. The average molecular weight is 280 g/mol. The highest BCUT2D eigenvalue weighted by atomic mass is 19.1. The highest BCUT2D eigenvalue weighted by Gasteiger charge is 2.31. The van der Waals surface area contributed by atoms with Crippen molar-refractivity contribution in [3.8, 4) is 5.75 Å². The number of hydrogen-bond acceptors (Lipinski definition) is 4. The summed E-state index contributed by atoms with van der Waals surface area (Å²) >= 11 is 0. The van der Waals surface area contributed by atoms with Gasteiger partial charge >= 0.3 is 0 Å². The molecule has 0 radical (unpaired) electrons. The summed E-state index contributed by atoms with van der Waals surface area (Å²) in [7, 11) is 0. The topological polar surface area (TPSA) is 44.7 Å². The third-order valence-corrected chi connectivity index (χ3v) is 4.10. The van der Waals surface area contributed by atoms with E-state index in [1.165, 1.54) is 25.5 Å². The number of nitrogens with zero attached hydrogens (tertiary/aromatic N) is 1. The molecule has 0 saturated carbocycles. The van der Waals surface area contributed by atoms with Crippen molar-refractivity contribution >= 4 is 0 Å². The Morgan fingerprint density at radius 1 is 1.40 bits per heavy atom. The molecule has 110 valence electrons. The molecule has 4 nitrogen and oxygen atoms in total. The van der Waals surface area contributed by atoms with Gasteiger partial charge in [0.2, 0.25) is 0 Å². The molecule has 2 fully saturated rings. The smallest absolute Gasteiger partial charge is 0.127 e. The van der Waals surface area contributed by atoms with Gasteiger partial charge in [-0.1, -0.05) is 0 Å². The predicted octanol–water partition coefficient (Wildman–Crippen LogP) is 1.48. The summed E-state index contributed by atoms with van der Waals surface area (Å²) in [6.07, 6.45) is 2.73. The molecule has 1 aromatic carbocycles. The number of nitrogens with one attached hydrogen (secondary N) is 1.